The second kappa shape index (κ2) is 11.2. The molecule has 0 aliphatic heterocycles. The molecule has 0 amide bonds. The molecule has 35 heavy (non-hydrogen) atoms. The highest BCUT2D eigenvalue weighted by molar-refractivity contribution is 5.84. The third-order valence-corrected chi connectivity index (χ3v) is 5.38. The van der Waals surface area contributed by atoms with Crippen molar-refractivity contribution in [1.29, 1.82) is 0 Å². The number of benzene rings is 1. The highest BCUT2D eigenvalue weighted by atomic mass is 16.5. The summed E-state index contributed by atoms with van der Waals surface area (Å²) in [6, 6.07) is 19.5. The molecule has 4 rings (SSSR count). The first-order valence-corrected chi connectivity index (χ1v) is 11.4. The first-order valence-electron chi connectivity index (χ1n) is 11.4. The van der Waals surface area contributed by atoms with Crippen molar-refractivity contribution in [2.24, 2.45) is 10.8 Å². The van der Waals surface area contributed by atoms with E-state index in [0.29, 0.717) is 36.0 Å². The molecule has 8 nitrogen and oxygen atoms in total. The lowest BCUT2D eigenvalue weighted by molar-refractivity contribution is 0.481. The average molecular weight is 468 g/mol. The molecule has 3 aromatic heterocycles. The van der Waals surface area contributed by atoms with Crippen LogP contribution in [0.25, 0.3) is 11.4 Å². The molecule has 3 heterocycles. The second-order valence-electron chi connectivity index (χ2n) is 8.00. The molecule has 0 spiro atoms. The topological polar surface area (TPSA) is 110 Å². The van der Waals surface area contributed by atoms with Gasteiger partial charge in [-0.15, -0.1) is 0 Å². The van der Waals surface area contributed by atoms with Crippen molar-refractivity contribution in [2.75, 3.05) is 11.9 Å². The number of anilines is 2. The van der Waals surface area contributed by atoms with Crippen LogP contribution in [0.1, 0.15) is 23.7 Å². The van der Waals surface area contributed by atoms with Crippen molar-refractivity contribution >= 4 is 17.3 Å². The zero-order valence-corrected chi connectivity index (χ0v) is 20.1. The molecule has 0 unspecified atom stereocenters. The van der Waals surface area contributed by atoms with E-state index in [2.05, 4.69) is 25.7 Å². The van der Waals surface area contributed by atoms with Crippen LogP contribution in [-0.4, -0.2) is 27.3 Å². The number of aliphatic imine (C=N–C) groups is 1. The first kappa shape index (κ1) is 23.8. The maximum atomic E-state index is 6.28. The molecule has 0 aliphatic rings. The number of nitrogens with zero attached hydrogens (tertiary/aromatic N) is 4. The number of ether oxygens (including phenoxy) is 1. The monoisotopic (exact) mass is 467 g/mol. The zero-order chi connectivity index (χ0) is 24.6. The molecule has 4 N–H and O–H groups in total. The van der Waals surface area contributed by atoms with Gasteiger partial charge in [0.15, 0.2) is 5.75 Å². The molecular weight excluding hydrogens is 438 g/mol. The van der Waals surface area contributed by atoms with E-state index >= 15 is 0 Å². The van der Waals surface area contributed by atoms with E-state index in [-0.39, 0.29) is 0 Å². The van der Waals surface area contributed by atoms with Gasteiger partial charge >= 0.3 is 0 Å². The number of aromatic nitrogens is 3. The van der Waals surface area contributed by atoms with Crippen molar-refractivity contribution < 1.29 is 4.74 Å². The summed E-state index contributed by atoms with van der Waals surface area (Å²) < 4.78 is 6.28. The van der Waals surface area contributed by atoms with Crippen LogP contribution in [0, 0.1) is 13.8 Å². The molecule has 4 aromatic rings. The number of amidine groups is 1. The summed E-state index contributed by atoms with van der Waals surface area (Å²) in [6.45, 7) is 6.64. The molecule has 0 saturated carbocycles. The molecular formula is C27H29N7O. The van der Waals surface area contributed by atoms with Gasteiger partial charge in [-0.05, 0) is 68.3 Å². The minimum absolute atomic E-state index is 0.618. The Bertz CT molecular complexity index is 1320. The molecule has 1 aromatic carbocycles. The van der Waals surface area contributed by atoms with E-state index in [0.717, 1.165) is 34.0 Å². The predicted molar refractivity (Wildman–Crippen MR) is 140 cm³/mol. The Labute approximate surface area is 205 Å². The fourth-order valence-electron chi connectivity index (χ4n) is 3.56. The number of nitrogens with one attached hydrogen (secondary N) is 2. The molecule has 0 saturated heterocycles. The SMILES string of the molecule is CCN=C(Cc1cccc(Nc2cc(Oc3cc(C)c(C)nc3-c3ccccn3)ccn2)c1)NN. The van der Waals surface area contributed by atoms with Gasteiger partial charge in [0.1, 0.15) is 23.1 Å². The lowest BCUT2D eigenvalue weighted by atomic mass is 10.1. The minimum Gasteiger partial charge on any atom is -0.455 e. The lowest BCUT2D eigenvalue weighted by Crippen LogP contribution is -2.32. The highest BCUT2D eigenvalue weighted by Gasteiger charge is 2.13. The summed E-state index contributed by atoms with van der Waals surface area (Å²) in [4.78, 5) is 18.0. The van der Waals surface area contributed by atoms with Crippen molar-refractivity contribution in [3.8, 4) is 22.9 Å². The van der Waals surface area contributed by atoms with Gasteiger partial charge in [-0.3, -0.25) is 9.98 Å². The van der Waals surface area contributed by atoms with Crippen molar-refractivity contribution in [3.63, 3.8) is 0 Å². The van der Waals surface area contributed by atoms with Gasteiger partial charge in [0.25, 0.3) is 0 Å². The van der Waals surface area contributed by atoms with Crippen LogP contribution in [0.15, 0.2) is 78.0 Å². The van der Waals surface area contributed by atoms with Gasteiger partial charge in [0, 0.05) is 42.8 Å². The number of aryl methyl sites for hydroxylation is 2. The van der Waals surface area contributed by atoms with Crippen LogP contribution in [-0.2, 0) is 6.42 Å². The van der Waals surface area contributed by atoms with E-state index in [1.165, 1.54) is 0 Å². The van der Waals surface area contributed by atoms with Crippen molar-refractivity contribution in [1.82, 2.24) is 20.4 Å². The third-order valence-electron chi connectivity index (χ3n) is 5.38. The quantitative estimate of drug-likeness (QED) is 0.143. The summed E-state index contributed by atoms with van der Waals surface area (Å²) in [7, 11) is 0. The van der Waals surface area contributed by atoms with Crippen molar-refractivity contribution in [2.45, 2.75) is 27.2 Å². The Hall–Kier alpha value is -4.30. The highest BCUT2D eigenvalue weighted by Crippen LogP contribution is 2.33. The molecule has 0 atom stereocenters. The smallest absolute Gasteiger partial charge is 0.155 e. The molecule has 178 valence electrons. The van der Waals surface area contributed by atoms with Gasteiger partial charge in [0.2, 0.25) is 0 Å². The van der Waals surface area contributed by atoms with Crippen LogP contribution in [0.2, 0.25) is 0 Å². The first-order chi connectivity index (χ1) is 17.1. The third kappa shape index (κ3) is 6.18. The van der Waals surface area contributed by atoms with Crippen LogP contribution >= 0.6 is 0 Å². The summed E-state index contributed by atoms with van der Waals surface area (Å²) in [6.07, 6.45) is 4.08. The normalized spacial score (nSPS) is 11.3. The molecule has 0 radical (unpaired) electrons. The van der Waals surface area contributed by atoms with Gasteiger partial charge in [-0.2, -0.15) is 0 Å². The second-order valence-corrected chi connectivity index (χ2v) is 8.00. The van der Waals surface area contributed by atoms with E-state index in [1.54, 1.807) is 12.4 Å². The lowest BCUT2D eigenvalue weighted by Gasteiger charge is -2.14. The number of pyridine rings is 3. The minimum atomic E-state index is 0.618. The fraction of sp³-hybridized carbons (Fsp3) is 0.185. The Morgan fingerprint density at radius 2 is 1.89 bits per heavy atom. The Kier molecular flexibility index (Phi) is 7.64. The van der Waals surface area contributed by atoms with Gasteiger partial charge in [-0.25, -0.2) is 15.8 Å². The Morgan fingerprint density at radius 1 is 1.00 bits per heavy atom. The van der Waals surface area contributed by atoms with Gasteiger partial charge < -0.3 is 15.5 Å². The molecule has 0 aliphatic carbocycles. The van der Waals surface area contributed by atoms with Crippen LogP contribution < -0.4 is 21.3 Å². The van der Waals surface area contributed by atoms with Crippen LogP contribution in [0.3, 0.4) is 0 Å². The maximum Gasteiger partial charge on any atom is 0.155 e. The van der Waals surface area contributed by atoms with Gasteiger partial charge in [-0.1, -0.05) is 18.2 Å². The predicted octanol–water partition coefficient (Wildman–Crippen LogP) is 5.12. The zero-order valence-electron chi connectivity index (χ0n) is 20.1. The molecule has 0 bridgehead atoms. The van der Waals surface area contributed by atoms with E-state index in [1.807, 2.05) is 81.4 Å². The van der Waals surface area contributed by atoms with Gasteiger partial charge in [0.05, 0.1) is 5.69 Å². The summed E-state index contributed by atoms with van der Waals surface area (Å²) in [5.74, 6) is 8.27. The van der Waals surface area contributed by atoms with Crippen molar-refractivity contribution in [3.05, 3.63) is 89.9 Å². The Balaban J connectivity index is 1.56. The summed E-state index contributed by atoms with van der Waals surface area (Å²) in [5, 5.41) is 3.35. The number of rotatable bonds is 8. The average Bonchev–Trinajstić information content (AvgIpc) is 2.87. The standard InChI is InChI=1S/C27H29N7O/c1-4-29-26(34-28)16-20-8-7-9-21(15-20)33-25-17-22(11-13-31-25)35-24-14-18(2)19(3)32-27(24)23-10-5-6-12-30-23/h5-15,17H,4,16,28H2,1-3H3,(H,29,34)(H,31,33). The van der Waals surface area contributed by atoms with Crippen LogP contribution in [0.4, 0.5) is 11.5 Å². The number of hydrogen-bond donors (Lipinski definition) is 3. The largest absolute Gasteiger partial charge is 0.455 e. The van der Waals surface area contributed by atoms with E-state index < -0.39 is 0 Å². The summed E-state index contributed by atoms with van der Waals surface area (Å²) in [5.41, 5.74) is 8.09. The fourth-order valence-corrected chi connectivity index (χ4v) is 3.56. The number of hydrazine groups is 1. The van der Waals surface area contributed by atoms with E-state index in [4.69, 9.17) is 15.6 Å². The van der Waals surface area contributed by atoms with Crippen LogP contribution in [0.5, 0.6) is 11.5 Å². The molecule has 8 heteroatoms. The Morgan fingerprint density at radius 3 is 2.66 bits per heavy atom. The van der Waals surface area contributed by atoms with E-state index in [9.17, 15) is 0 Å². The summed E-state index contributed by atoms with van der Waals surface area (Å²) >= 11 is 0. The number of hydrogen-bond acceptors (Lipinski definition) is 7. The molecule has 0 fully saturated rings. The number of nitrogens with two attached hydrogens (primary N) is 1. The maximum absolute atomic E-state index is 6.28.